The fourth-order valence-corrected chi connectivity index (χ4v) is 3.95. The molecule has 160 valence electrons. The second kappa shape index (κ2) is 10.2. The van der Waals surface area contributed by atoms with Gasteiger partial charge in [0.25, 0.3) is 5.91 Å². The summed E-state index contributed by atoms with van der Waals surface area (Å²) in [5.41, 5.74) is 4.28. The van der Waals surface area contributed by atoms with Crippen molar-refractivity contribution in [2.45, 2.75) is 39.0 Å². The Kier molecular flexibility index (Phi) is 6.95. The molecule has 1 N–H and O–H groups in total. The quantitative estimate of drug-likeness (QED) is 0.623. The van der Waals surface area contributed by atoms with E-state index in [1.54, 1.807) is 18.5 Å². The van der Waals surface area contributed by atoms with E-state index in [9.17, 15) is 4.79 Å². The highest BCUT2D eigenvalue weighted by molar-refractivity contribution is 5.94. The molecule has 1 aromatic heterocycles. The topological polar surface area (TPSA) is 54.5 Å². The molecular formula is C26H29N3O2. The van der Waals surface area contributed by atoms with Gasteiger partial charge in [0.1, 0.15) is 12.4 Å². The number of piperidine rings is 1. The highest BCUT2D eigenvalue weighted by Gasteiger charge is 2.21. The maximum atomic E-state index is 12.8. The molecule has 5 heteroatoms. The molecule has 0 bridgehead atoms. The minimum absolute atomic E-state index is 0.0380. The first-order valence-electron chi connectivity index (χ1n) is 10.9. The van der Waals surface area contributed by atoms with Crippen molar-refractivity contribution in [3.63, 3.8) is 0 Å². The molecule has 0 aliphatic carbocycles. The molecule has 2 heterocycles. The number of amides is 1. The van der Waals surface area contributed by atoms with Gasteiger partial charge in [0.05, 0.1) is 0 Å². The van der Waals surface area contributed by atoms with Gasteiger partial charge in [0, 0.05) is 49.2 Å². The molecule has 2 aromatic carbocycles. The van der Waals surface area contributed by atoms with Crippen molar-refractivity contribution in [3.05, 3.63) is 95.3 Å². The Hall–Kier alpha value is -3.18. The van der Waals surface area contributed by atoms with Gasteiger partial charge in [-0.1, -0.05) is 42.0 Å². The number of pyridine rings is 1. The first kappa shape index (κ1) is 21.1. The molecule has 3 aromatic rings. The van der Waals surface area contributed by atoms with E-state index in [1.807, 2.05) is 30.3 Å². The lowest BCUT2D eigenvalue weighted by Gasteiger charge is -2.32. The van der Waals surface area contributed by atoms with Gasteiger partial charge in [-0.15, -0.1) is 0 Å². The maximum Gasteiger partial charge on any atom is 0.251 e. The average Bonchev–Trinajstić information content (AvgIpc) is 2.80. The normalized spacial score (nSPS) is 14.9. The summed E-state index contributed by atoms with van der Waals surface area (Å²) in [5.74, 6) is 0.647. The Balaban J connectivity index is 1.26. The Labute approximate surface area is 184 Å². The highest BCUT2D eigenvalue weighted by Crippen LogP contribution is 2.18. The summed E-state index contributed by atoms with van der Waals surface area (Å²) in [4.78, 5) is 19.3. The molecule has 4 rings (SSSR count). The first-order valence-corrected chi connectivity index (χ1v) is 10.9. The van der Waals surface area contributed by atoms with E-state index in [2.05, 4.69) is 46.4 Å². The predicted molar refractivity (Wildman–Crippen MR) is 122 cm³/mol. The van der Waals surface area contributed by atoms with Crippen LogP contribution >= 0.6 is 0 Å². The van der Waals surface area contributed by atoms with Crippen LogP contribution in [0.4, 0.5) is 0 Å². The second-order valence-electron chi connectivity index (χ2n) is 8.19. The Morgan fingerprint density at radius 1 is 1.06 bits per heavy atom. The second-order valence-corrected chi connectivity index (χ2v) is 8.19. The molecule has 1 amide bonds. The zero-order chi connectivity index (χ0) is 21.5. The van der Waals surface area contributed by atoms with Gasteiger partial charge < -0.3 is 10.1 Å². The summed E-state index contributed by atoms with van der Waals surface area (Å²) in [6.07, 6.45) is 5.45. The third kappa shape index (κ3) is 6.15. The fourth-order valence-electron chi connectivity index (χ4n) is 3.95. The summed E-state index contributed by atoms with van der Waals surface area (Å²) in [6.45, 7) is 5.52. The van der Waals surface area contributed by atoms with Crippen LogP contribution in [0, 0.1) is 6.92 Å². The standard InChI is InChI=1S/C26H29N3O2/c1-20-5-2-6-21(15-20)18-29-13-10-24(11-14-29)28-26(30)23-8-3-9-25(16-23)31-19-22-7-4-12-27-17-22/h2-9,12,15-17,24H,10-11,13-14,18-19H2,1H3,(H,28,30). The molecule has 31 heavy (non-hydrogen) atoms. The molecule has 0 spiro atoms. The third-order valence-corrected chi connectivity index (χ3v) is 5.64. The number of aryl methyl sites for hydroxylation is 1. The minimum atomic E-state index is -0.0380. The van der Waals surface area contributed by atoms with Crippen molar-refractivity contribution in [3.8, 4) is 5.75 Å². The van der Waals surface area contributed by atoms with Crippen LogP contribution in [0.3, 0.4) is 0 Å². The van der Waals surface area contributed by atoms with E-state index >= 15 is 0 Å². The molecule has 1 fully saturated rings. The Bertz CT molecular complexity index is 998. The zero-order valence-electron chi connectivity index (χ0n) is 18.0. The van der Waals surface area contributed by atoms with Gasteiger partial charge in [0.2, 0.25) is 0 Å². The number of carbonyl (C=O) groups is 1. The molecule has 0 saturated carbocycles. The Morgan fingerprint density at radius 2 is 1.87 bits per heavy atom. The first-order chi connectivity index (χ1) is 15.2. The lowest BCUT2D eigenvalue weighted by atomic mass is 10.0. The molecule has 0 atom stereocenters. The minimum Gasteiger partial charge on any atom is -0.489 e. The number of likely N-dealkylation sites (tertiary alicyclic amines) is 1. The van der Waals surface area contributed by atoms with Crippen LogP contribution in [0.25, 0.3) is 0 Å². The lowest BCUT2D eigenvalue weighted by molar-refractivity contribution is 0.0908. The SMILES string of the molecule is Cc1cccc(CN2CCC(NC(=O)c3cccc(OCc4cccnc4)c3)CC2)c1. The monoisotopic (exact) mass is 415 g/mol. The number of rotatable bonds is 7. The summed E-state index contributed by atoms with van der Waals surface area (Å²) in [6, 6.07) is 20.1. The molecule has 1 aliphatic heterocycles. The number of aromatic nitrogens is 1. The molecule has 0 radical (unpaired) electrons. The van der Waals surface area contributed by atoms with E-state index < -0.39 is 0 Å². The zero-order valence-corrected chi connectivity index (χ0v) is 18.0. The lowest BCUT2D eigenvalue weighted by Crippen LogP contribution is -2.44. The third-order valence-electron chi connectivity index (χ3n) is 5.64. The van der Waals surface area contributed by atoms with Crippen molar-refractivity contribution in [2.75, 3.05) is 13.1 Å². The number of hydrogen-bond acceptors (Lipinski definition) is 4. The van der Waals surface area contributed by atoms with E-state index in [1.165, 1.54) is 11.1 Å². The van der Waals surface area contributed by atoms with Crippen molar-refractivity contribution in [1.82, 2.24) is 15.2 Å². The van der Waals surface area contributed by atoms with Gasteiger partial charge in [-0.3, -0.25) is 14.7 Å². The van der Waals surface area contributed by atoms with E-state index in [-0.39, 0.29) is 11.9 Å². The molecule has 1 aliphatic rings. The molecule has 1 saturated heterocycles. The van der Waals surface area contributed by atoms with Crippen LogP contribution in [-0.2, 0) is 13.2 Å². The smallest absolute Gasteiger partial charge is 0.251 e. The highest BCUT2D eigenvalue weighted by atomic mass is 16.5. The number of benzene rings is 2. The van der Waals surface area contributed by atoms with Gasteiger partial charge in [-0.05, 0) is 49.6 Å². The van der Waals surface area contributed by atoms with Gasteiger partial charge in [-0.2, -0.15) is 0 Å². The van der Waals surface area contributed by atoms with Gasteiger partial charge in [-0.25, -0.2) is 0 Å². The number of hydrogen-bond donors (Lipinski definition) is 1. The number of nitrogens with one attached hydrogen (secondary N) is 1. The maximum absolute atomic E-state index is 12.8. The van der Waals surface area contributed by atoms with Gasteiger partial charge >= 0.3 is 0 Å². The van der Waals surface area contributed by atoms with E-state index in [4.69, 9.17) is 4.74 Å². The molecule has 5 nitrogen and oxygen atoms in total. The van der Waals surface area contributed by atoms with Crippen molar-refractivity contribution in [2.24, 2.45) is 0 Å². The summed E-state index contributed by atoms with van der Waals surface area (Å²) in [7, 11) is 0. The largest absolute Gasteiger partial charge is 0.489 e. The molecule has 0 unspecified atom stereocenters. The van der Waals surface area contributed by atoms with Crippen LogP contribution < -0.4 is 10.1 Å². The van der Waals surface area contributed by atoms with Crippen molar-refractivity contribution < 1.29 is 9.53 Å². The number of nitrogens with zero attached hydrogens (tertiary/aromatic N) is 2. The van der Waals surface area contributed by atoms with Crippen LogP contribution in [0.2, 0.25) is 0 Å². The number of ether oxygens (including phenoxy) is 1. The van der Waals surface area contributed by atoms with Gasteiger partial charge in [0.15, 0.2) is 0 Å². The predicted octanol–water partition coefficient (Wildman–Crippen LogP) is 4.36. The van der Waals surface area contributed by atoms with Crippen LogP contribution in [0.1, 0.15) is 39.9 Å². The average molecular weight is 416 g/mol. The summed E-state index contributed by atoms with van der Waals surface area (Å²) >= 11 is 0. The van der Waals surface area contributed by atoms with E-state index in [0.29, 0.717) is 17.9 Å². The number of carbonyl (C=O) groups excluding carboxylic acids is 1. The summed E-state index contributed by atoms with van der Waals surface area (Å²) in [5, 5.41) is 3.20. The van der Waals surface area contributed by atoms with Crippen molar-refractivity contribution in [1.29, 1.82) is 0 Å². The fraction of sp³-hybridized carbons (Fsp3) is 0.308. The van der Waals surface area contributed by atoms with Crippen LogP contribution in [0.15, 0.2) is 73.1 Å². The van der Waals surface area contributed by atoms with Crippen LogP contribution in [-0.4, -0.2) is 34.9 Å². The van der Waals surface area contributed by atoms with Crippen molar-refractivity contribution >= 4 is 5.91 Å². The summed E-state index contributed by atoms with van der Waals surface area (Å²) < 4.78 is 5.83. The van der Waals surface area contributed by atoms with E-state index in [0.717, 1.165) is 38.0 Å². The van der Waals surface area contributed by atoms with Crippen LogP contribution in [0.5, 0.6) is 5.75 Å². The molecular weight excluding hydrogens is 386 g/mol. The Morgan fingerprint density at radius 3 is 2.65 bits per heavy atom.